The van der Waals surface area contributed by atoms with Gasteiger partial charge in [0.15, 0.2) is 0 Å². The van der Waals surface area contributed by atoms with Crippen molar-refractivity contribution in [1.82, 2.24) is 20.7 Å². The van der Waals surface area contributed by atoms with Crippen molar-refractivity contribution in [2.75, 3.05) is 40.5 Å². The number of alkyl carbamates (subject to hydrolysis) is 1. The molecule has 0 fully saturated rings. The lowest BCUT2D eigenvalue weighted by Gasteiger charge is -2.22. The van der Waals surface area contributed by atoms with Crippen LogP contribution in [0.5, 0.6) is 5.75 Å². The van der Waals surface area contributed by atoms with E-state index in [9.17, 15) is 27.6 Å². The second-order valence-corrected chi connectivity index (χ2v) is 12.9. The Balaban J connectivity index is 0.00000105. The Bertz CT molecular complexity index is 1370. The molecule has 2 aromatic carbocycles. The van der Waals surface area contributed by atoms with Crippen LogP contribution in [0.1, 0.15) is 50.3 Å². The number of carbonyl (C=O) groups excluding carboxylic acids is 4. The third-order valence-corrected chi connectivity index (χ3v) is 7.76. The van der Waals surface area contributed by atoms with Crippen molar-refractivity contribution in [2.24, 2.45) is 0 Å². The Labute approximate surface area is 277 Å². The van der Waals surface area contributed by atoms with Crippen LogP contribution in [0.25, 0.3) is 0 Å². The van der Waals surface area contributed by atoms with E-state index in [-0.39, 0.29) is 30.4 Å². The van der Waals surface area contributed by atoms with Crippen LogP contribution in [0, 0.1) is 13.8 Å². The maximum atomic E-state index is 13.2. The maximum absolute atomic E-state index is 13.2. The van der Waals surface area contributed by atoms with Crippen molar-refractivity contribution in [2.45, 2.75) is 70.6 Å². The molecular weight excluding hydrogens is 632 g/mol. The van der Waals surface area contributed by atoms with Crippen molar-refractivity contribution in [3.05, 3.63) is 59.2 Å². The largest absolute Gasteiger partial charge is 0.494 e. The molecule has 0 heterocycles. The summed E-state index contributed by atoms with van der Waals surface area (Å²) in [6.45, 7) is 9.39. The minimum Gasteiger partial charge on any atom is -0.494 e. The summed E-state index contributed by atoms with van der Waals surface area (Å²) >= 11 is 0. The zero-order chi connectivity index (χ0) is 35.5. The first-order valence-corrected chi connectivity index (χ1v) is 16.4. The van der Waals surface area contributed by atoms with Crippen LogP contribution < -0.4 is 25.4 Å². The molecule has 0 aliphatic rings. The number of hydrogen-bond acceptors (Lipinski definition) is 10. The van der Waals surface area contributed by atoms with Crippen molar-refractivity contribution >= 4 is 34.4 Å². The van der Waals surface area contributed by atoms with E-state index in [1.54, 1.807) is 53.9 Å². The number of hydrogen-bond donors (Lipinski definition) is 4. The molecule has 14 nitrogen and oxygen atoms in total. The zero-order valence-electron chi connectivity index (χ0n) is 28.1. The number of amides is 3. The van der Waals surface area contributed by atoms with Crippen LogP contribution in [0.3, 0.4) is 0 Å². The molecule has 2 aromatic rings. The van der Waals surface area contributed by atoms with Crippen LogP contribution >= 0.6 is 0 Å². The van der Waals surface area contributed by atoms with Crippen LogP contribution in [0.4, 0.5) is 4.79 Å². The monoisotopic (exact) mass is 680 g/mol. The average molecular weight is 681 g/mol. The quantitative estimate of drug-likeness (QED) is 0.110. The van der Waals surface area contributed by atoms with E-state index >= 15 is 0 Å². The highest BCUT2D eigenvalue weighted by atomic mass is 32.2. The molecule has 0 saturated carbocycles. The molecule has 0 aromatic heterocycles. The third kappa shape index (κ3) is 16.8. The van der Waals surface area contributed by atoms with Gasteiger partial charge in [-0.1, -0.05) is 30.3 Å². The molecule has 1 atom stereocenters. The van der Waals surface area contributed by atoms with Crippen molar-refractivity contribution in [3.8, 4) is 5.75 Å². The summed E-state index contributed by atoms with van der Waals surface area (Å²) in [6, 6.07) is 11.8. The van der Waals surface area contributed by atoms with Gasteiger partial charge in [-0.15, -0.1) is 0 Å². The van der Waals surface area contributed by atoms with Gasteiger partial charge in [-0.2, -0.15) is 4.72 Å². The highest BCUT2D eigenvalue weighted by Crippen LogP contribution is 2.26. The smallest absolute Gasteiger partial charge is 0.407 e. The number of benzene rings is 2. The number of rotatable bonds is 17. The number of esters is 1. The molecule has 0 radical (unpaired) electrons. The summed E-state index contributed by atoms with van der Waals surface area (Å²) in [6.07, 6.45) is 0.393. The number of nitrogens with one attached hydrogen (secondary N) is 4. The van der Waals surface area contributed by atoms with Crippen LogP contribution in [-0.2, 0) is 45.2 Å². The minimum atomic E-state index is -4.20. The van der Waals surface area contributed by atoms with Crippen molar-refractivity contribution in [3.63, 3.8) is 0 Å². The van der Waals surface area contributed by atoms with Gasteiger partial charge in [-0.05, 0) is 69.9 Å². The fourth-order valence-electron chi connectivity index (χ4n) is 4.06. The second kappa shape index (κ2) is 20.8. The first-order valence-electron chi connectivity index (χ1n) is 14.9. The highest BCUT2D eigenvalue weighted by molar-refractivity contribution is 7.89. The average Bonchev–Trinajstić information content (AvgIpc) is 2.99. The molecule has 0 aliphatic heterocycles. The van der Waals surface area contributed by atoms with E-state index < -0.39 is 33.7 Å². The minimum absolute atomic E-state index is 0.0423. The van der Waals surface area contributed by atoms with Crippen LogP contribution in [0.2, 0.25) is 0 Å². The molecule has 262 valence electrons. The van der Waals surface area contributed by atoms with Gasteiger partial charge in [0.05, 0.1) is 25.2 Å². The third-order valence-electron chi connectivity index (χ3n) is 5.98. The normalized spacial score (nSPS) is 11.6. The molecule has 47 heavy (non-hydrogen) atoms. The predicted molar refractivity (Wildman–Crippen MR) is 175 cm³/mol. The molecule has 2 rings (SSSR count). The number of methoxy groups -OCH3 is 2. The van der Waals surface area contributed by atoms with Gasteiger partial charge in [0, 0.05) is 33.2 Å². The van der Waals surface area contributed by atoms with Gasteiger partial charge >= 0.3 is 12.1 Å². The molecule has 4 N–H and O–H groups in total. The summed E-state index contributed by atoms with van der Waals surface area (Å²) in [4.78, 5) is 46.1. The lowest BCUT2D eigenvalue weighted by molar-refractivity contribution is -0.142. The topological polar surface area (TPSA) is 187 Å². The van der Waals surface area contributed by atoms with Gasteiger partial charge in [0.25, 0.3) is 0 Å². The standard InChI is InChI=1S/C24H38N4O9S.C8H10O/c1-16-12-18(36-11-7-8-20(30)26-10-9-25-15-29)13-17(2)21(16)38(33,34)28-19(22(31)35-6)14-27-23(32)37-24(3,4)5;1-9-7-8-5-3-2-4-6-8/h12-13,15,19,28H,7-11,14H2,1-6H3,(H,25,29)(H,26,30)(H,27,32);2-6H,7H2,1H3. The first kappa shape index (κ1) is 40.8. The SMILES string of the molecule is COC(=O)C(CNC(=O)OC(C)(C)C)NS(=O)(=O)c1c(C)cc(OCCCC(=O)NCCNC=O)cc1C.COCc1ccccc1. The molecule has 0 bridgehead atoms. The Morgan fingerprint density at radius 3 is 2.15 bits per heavy atom. The van der Waals surface area contributed by atoms with Gasteiger partial charge in [0.2, 0.25) is 22.3 Å². The highest BCUT2D eigenvalue weighted by Gasteiger charge is 2.30. The molecule has 0 saturated heterocycles. The van der Waals surface area contributed by atoms with E-state index in [1.807, 2.05) is 30.3 Å². The summed E-state index contributed by atoms with van der Waals surface area (Å²) in [5, 5.41) is 7.47. The lowest BCUT2D eigenvalue weighted by Crippen LogP contribution is -2.49. The molecule has 0 aliphatic carbocycles. The number of ether oxygens (including phenoxy) is 4. The van der Waals surface area contributed by atoms with E-state index in [1.165, 1.54) is 5.56 Å². The Hall–Kier alpha value is -4.21. The van der Waals surface area contributed by atoms with E-state index in [4.69, 9.17) is 14.2 Å². The second-order valence-electron chi connectivity index (χ2n) is 11.3. The van der Waals surface area contributed by atoms with Crippen LogP contribution in [-0.4, -0.2) is 84.9 Å². The van der Waals surface area contributed by atoms with Crippen molar-refractivity contribution in [1.29, 1.82) is 0 Å². The zero-order valence-corrected chi connectivity index (χ0v) is 29.0. The maximum Gasteiger partial charge on any atom is 0.407 e. The fourth-order valence-corrected chi connectivity index (χ4v) is 5.70. The van der Waals surface area contributed by atoms with E-state index in [0.717, 1.165) is 7.11 Å². The van der Waals surface area contributed by atoms with Gasteiger partial charge in [-0.25, -0.2) is 13.2 Å². The molecule has 0 spiro atoms. The number of carbonyl (C=O) groups is 4. The summed E-state index contributed by atoms with van der Waals surface area (Å²) < 4.78 is 49.1. The Kier molecular flexibility index (Phi) is 18.1. The number of sulfonamides is 1. The lowest BCUT2D eigenvalue weighted by atomic mass is 10.1. The molecular formula is C32H48N4O10S. The van der Waals surface area contributed by atoms with Crippen molar-refractivity contribution < 1.29 is 46.5 Å². The van der Waals surface area contributed by atoms with Crippen LogP contribution in [0.15, 0.2) is 47.4 Å². The van der Waals surface area contributed by atoms with E-state index in [0.29, 0.717) is 49.4 Å². The summed E-state index contributed by atoms with van der Waals surface area (Å²) in [7, 11) is -1.40. The van der Waals surface area contributed by atoms with E-state index in [2.05, 4.69) is 25.4 Å². The molecule has 3 amide bonds. The van der Waals surface area contributed by atoms with Gasteiger partial charge in [-0.3, -0.25) is 14.4 Å². The molecule has 1 unspecified atom stereocenters. The van der Waals surface area contributed by atoms with Gasteiger partial charge in [0.1, 0.15) is 17.4 Å². The Morgan fingerprint density at radius 1 is 0.957 bits per heavy atom. The number of aryl methyl sites for hydroxylation is 2. The molecule has 15 heteroatoms. The fraction of sp³-hybridized carbons (Fsp3) is 0.500. The van der Waals surface area contributed by atoms with Gasteiger partial charge < -0.3 is 34.9 Å². The predicted octanol–water partition coefficient (Wildman–Crippen LogP) is 2.50. The summed E-state index contributed by atoms with van der Waals surface area (Å²) in [5.74, 6) is -0.642. The first-order chi connectivity index (χ1) is 22.1. The summed E-state index contributed by atoms with van der Waals surface area (Å²) in [5.41, 5.74) is 1.19. The Morgan fingerprint density at radius 2 is 1.60 bits per heavy atom.